The molecule has 32 heavy (non-hydrogen) atoms. The number of methoxy groups -OCH3 is 1. The molecule has 0 radical (unpaired) electrons. The number of anilines is 1. The van der Waals surface area contributed by atoms with Crippen molar-refractivity contribution in [1.82, 2.24) is 4.57 Å². The molecule has 7 nitrogen and oxygen atoms in total. The molecule has 170 valence electrons. The van der Waals surface area contributed by atoms with Crippen molar-refractivity contribution < 1.29 is 19.1 Å². The van der Waals surface area contributed by atoms with Crippen LogP contribution < -0.4 is 10.1 Å². The Morgan fingerprint density at radius 3 is 2.56 bits per heavy atom. The van der Waals surface area contributed by atoms with E-state index in [4.69, 9.17) is 9.47 Å². The van der Waals surface area contributed by atoms with Gasteiger partial charge in [0.05, 0.1) is 7.11 Å². The number of rotatable bonds is 9. The van der Waals surface area contributed by atoms with E-state index in [0.29, 0.717) is 17.4 Å². The maximum atomic E-state index is 12.5. The molecule has 0 spiro atoms. The highest BCUT2D eigenvalue weighted by atomic mass is 16.5. The quantitative estimate of drug-likeness (QED) is 0.350. The highest BCUT2D eigenvalue weighted by molar-refractivity contribution is 6.01. The molecule has 0 fully saturated rings. The van der Waals surface area contributed by atoms with Crippen LogP contribution in [0.4, 0.5) is 5.69 Å². The summed E-state index contributed by atoms with van der Waals surface area (Å²) in [5.74, 6) is -0.180. The minimum Gasteiger partial charge on any atom is -0.497 e. The van der Waals surface area contributed by atoms with Gasteiger partial charge in [-0.25, -0.2) is 4.79 Å². The third kappa shape index (κ3) is 6.48. The molecular formula is C25H31N3O4. The van der Waals surface area contributed by atoms with Gasteiger partial charge < -0.3 is 19.4 Å². The molecule has 0 aliphatic rings. The van der Waals surface area contributed by atoms with Crippen molar-refractivity contribution >= 4 is 23.6 Å². The lowest BCUT2D eigenvalue weighted by molar-refractivity contribution is -0.148. The second kappa shape index (κ2) is 11.2. The Morgan fingerprint density at radius 1 is 1.22 bits per heavy atom. The molecule has 1 unspecified atom stereocenters. The number of carbonyl (C=O) groups is 2. The third-order valence-electron chi connectivity index (χ3n) is 5.17. The molecule has 1 amide bonds. The van der Waals surface area contributed by atoms with Crippen LogP contribution in [0.25, 0.3) is 6.08 Å². The predicted molar refractivity (Wildman–Crippen MR) is 124 cm³/mol. The van der Waals surface area contributed by atoms with Gasteiger partial charge >= 0.3 is 5.97 Å². The van der Waals surface area contributed by atoms with Gasteiger partial charge in [-0.3, -0.25) is 4.79 Å². The molecular weight excluding hydrogens is 406 g/mol. The number of nitrogens with one attached hydrogen (secondary N) is 1. The van der Waals surface area contributed by atoms with Crippen LogP contribution in [0.2, 0.25) is 0 Å². The summed E-state index contributed by atoms with van der Waals surface area (Å²) < 4.78 is 12.5. The van der Waals surface area contributed by atoms with Gasteiger partial charge in [0.15, 0.2) is 6.10 Å². The summed E-state index contributed by atoms with van der Waals surface area (Å²) >= 11 is 0. The average molecular weight is 438 g/mol. The molecule has 0 bridgehead atoms. The standard InChI is InChI=1S/C25H31N3O4/c1-16(2)10-11-28-17(3)12-20(18(28)4)13-21(15-26)25(30)32-19(5)24(29)27-22-8-7-9-23(14-22)31-6/h7-9,12-14,16,19H,10-11H2,1-6H3,(H,27,29)/b21-13+. The molecule has 0 saturated heterocycles. The van der Waals surface area contributed by atoms with E-state index in [2.05, 4.69) is 23.7 Å². The summed E-state index contributed by atoms with van der Waals surface area (Å²) in [7, 11) is 1.53. The molecule has 0 aliphatic heterocycles. The number of aromatic nitrogens is 1. The van der Waals surface area contributed by atoms with Crippen LogP contribution in [0.15, 0.2) is 35.9 Å². The summed E-state index contributed by atoms with van der Waals surface area (Å²) in [6.07, 6.45) is 1.47. The normalized spacial score (nSPS) is 12.2. The molecule has 1 N–H and O–H groups in total. The fourth-order valence-electron chi connectivity index (χ4n) is 3.22. The zero-order chi connectivity index (χ0) is 23.8. The lowest BCUT2D eigenvalue weighted by Crippen LogP contribution is -2.30. The van der Waals surface area contributed by atoms with Gasteiger partial charge in [-0.05, 0) is 62.9 Å². The van der Waals surface area contributed by atoms with Gasteiger partial charge in [-0.2, -0.15) is 5.26 Å². The first-order valence-corrected chi connectivity index (χ1v) is 10.6. The van der Waals surface area contributed by atoms with E-state index in [-0.39, 0.29) is 5.57 Å². The van der Waals surface area contributed by atoms with E-state index < -0.39 is 18.0 Å². The van der Waals surface area contributed by atoms with Crippen molar-refractivity contribution in [3.05, 3.63) is 52.9 Å². The number of nitriles is 1. The lowest BCUT2D eigenvalue weighted by atomic mass is 10.1. The Hall–Kier alpha value is -3.53. The highest BCUT2D eigenvalue weighted by Gasteiger charge is 2.21. The van der Waals surface area contributed by atoms with Gasteiger partial charge in [0.2, 0.25) is 0 Å². The largest absolute Gasteiger partial charge is 0.497 e. The topological polar surface area (TPSA) is 93.3 Å². The van der Waals surface area contributed by atoms with E-state index in [1.54, 1.807) is 24.3 Å². The number of aryl methyl sites for hydroxylation is 1. The summed E-state index contributed by atoms with van der Waals surface area (Å²) in [5, 5.41) is 12.2. The zero-order valence-corrected chi connectivity index (χ0v) is 19.6. The second-order valence-electron chi connectivity index (χ2n) is 8.10. The fourth-order valence-corrected chi connectivity index (χ4v) is 3.22. The molecule has 7 heteroatoms. The van der Waals surface area contributed by atoms with Gasteiger partial charge in [-0.1, -0.05) is 19.9 Å². The number of ether oxygens (including phenoxy) is 2. The Balaban J connectivity index is 2.10. The van der Waals surface area contributed by atoms with Crippen molar-refractivity contribution in [3.63, 3.8) is 0 Å². The first-order chi connectivity index (χ1) is 15.2. The first-order valence-electron chi connectivity index (χ1n) is 10.6. The van der Waals surface area contributed by atoms with E-state index in [9.17, 15) is 14.9 Å². The van der Waals surface area contributed by atoms with Crippen LogP contribution in [-0.2, 0) is 20.9 Å². The van der Waals surface area contributed by atoms with Gasteiger partial charge in [0.1, 0.15) is 17.4 Å². The van der Waals surface area contributed by atoms with Crippen LogP contribution in [-0.4, -0.2) is 29.7 Å². The zero-order valence-electron chi connectivity index (χ0n) is 19.6. The van der Waals surface area contributed by atoms with E-state index in [1.165, 1.54) is 20.1 Å². The molecule has 0 saturated carbocycles. The summed E-state index contributed by atoms with van der Waals surface area (Å²) in [4.78, 5) is 25.0. The Bertz CT molecular complexity index is 1040. The molecule has 1 atom stereocenters. The molecule has 1 heterocycles. The van der Waals surface area contributed by atoms with Crippen LogP contribution in [0.5, 0.6) is 5.75 Å². The average Bonchev–Trinajstić information content (AvgIpc) is 3.02. The summed E-state index contributed by atoms with van der Waals surface area (Å²) in [5.41, 5.74) is 3.18. The van der Waals surface area contributed by atoms with Crippen LogP contribution >= 0.6 is 0 Å². The maximum Gasteiger partial charge on any atom is 0.349 e. The van der Waals surface area contributed by atoms with Crippen LogP contribution in [0.1, 0.15) is 44.1 Å². The Kier molecular flexibility index (Phi) is 8.65. The minimum absolute atomic E-state index is 0.157. The Labute approximate surface area is 189 Å². The number of hydrogen-bond donors (Lipinski definition) is 1. The number of nitrogens with zero attached hydrogens (tertiary/aromatic N) is 2. The van der Waals surface area contributed by atoms with E-state index in [0.717, 1.165) is 29.9 Å². The number of hydrogen-bond acceptors (Lipinski definition) is 5. The number of carbonyl (C=O) groups excluding carboxylic acids is 2. The van der Waals surface area contributed by atoms with Gasteiger partial charge in [0, 0.05) is 29.7 Å². The van der Waals surface area contributed by atoms with E-state index >= 15 is 0 Å². The third-order valence-corrected chi connectivity index (χ3v) is 5.17. The highest BCUT2D eigenvalue weighted by Crippen LogP contribution is 2.21. The monoisotopic (exact) mass is 437 g/mol. The molecule has 1 aromatic carbocycles. The molecule has 0 aliphatic carbocycles. The maximum absolute atomic E-state index is 12.5. The minimum atomic E-state index is -1.08. The lowest BCUT2D eigenvalue weighted by Gasteiger charge is -2.14. The smallest absolute Gasteiger partial charge is 0.349 e. The van der Waals surface area contributed by atoms with Gasteiger partial charge in [0.25, 0.3) is 5.91 Å². The summed E-state index contributed by atoms with van der Waals surface area (Å²) in [6, 6.07) is 10.7. The van der Waals surface area contributed by atoms with E-state index in [1.807, 2.05) is 26.0 Å². The number of esters is 1. The van der Waals surface area contributed by atoms with Crippen LogP contribution in [0, 0.1) is 31.1 Å². The van der Waals surface area contributed by atoms with Crippen molar-refractivity contribution in [1.29, 1.82) is 5.26 Å². The Morgan fingerprint density at radius 2 is 1.94 bits per heavy atom. The van der Waals surface area contributed by atoms with Crippen molar-refractivity contribution in [3.8, 4) is 11.8 Å². The SMILES string of the molecule is COc1cccc(NC(=O)C(C)OC(=O)/C(C#N)=C/c2cc(C)n(CCC(C)C)c2C)c1. The molecule has 2 rings (SSSR count). The molecule has 1 aromatic heterocycles. The fraction of sp³-hybridized carbons (Fsp3) is 0.400. The van der Waals surface area contributed by atoms with Crippen molar-refractivity contribution in [2.75, 3.05) is 12.4 Å². The first kappa shape index (κ1) is 24.7. The predicted octanol–water partition coefficient (Wildman–Crippen LogP) is 4.64. The van der Waals surface area contributed by atoms with Crippen molar-refractivity contribution in [2.24, 2.45) is 5.92 Å². The second-order valence-corrected chi connectivity index (χ2v) is 8.10. The van der Waals surface area contributed by atoms with Crippen LogP contribution in [0.3, 0.4) is 0 Å². The van der Waals surface area contributed by atoms with Crippen molar-refractivity contribution in [2.45, 2.75) is 53.7 Å². The summed E-state index contributed by atoms with van der Waals surface area (Å²) in [6.45, 7) is 10.6. The number of amides is 1. The molecule has 2 aromatic rings. The number of benzene rings is 1. The van der Waals surface area contributed by atoms with Gasteiger partial charge in [-0.15, -0.1) is 0 Å².